The summed E-state index contributed by atoms with van der Waals surface area (Å²) in [6.45, 7) is 7.24. The van der Waals surface area contributed by atoms with Crippen molar-refractivity contribution in [3.05, 3.63) is 0 Å². The van der Waals surface area contributed by atoms with E-state index in [2.05, 4.69) is 18.7 Å². The van der Waals surface area contributed by atoms with Crippen LogP contribution in [0.1, 0.15) is 71.6 Å². The van der Waals surface area contributed by atoms with Crippen molar-refractivity contribution in [2.45, 2.75) is 83.2 Å². The minimum atomic E-state index is 0.382. The Balaban J connectivity index is 1.91. The molecule has 1 atom stereocenters. The summed E-state index contributed by atoms with van der Waals surface area (Å²) in [4.78, 5) is 2.75. The third kappa shape index (κ3) is 3.08. The first kappa shape index (κ1) is 14.3. The van der Waals surface area contributed by atoms with Crippen LogP contribution in [0.5, 0.6) is 0 Å². The van der Waals surface area contributed by atoms with Gasteiger partial charge in [-0.25, -0.2) is 0 Å². The molecule has 18 heavy (non-hydrogen) atoms. The first-order valence-corrected chi connectivity index (χ1v) is 8.16. The highest BCUT2D eigenvalue weighted by molar-refractivity contribution is 5.03. The van der Waals surface area contributed by atoms with Crippen molar-refractivity contribution in [3.8, 4) is 0 Å². The van der Waals surface area contributed by atoms with E-state index in [4.69, 9.17) is 5.73 Å². The van der Waals surface area contributed by atoms with Crippen LogP contribution in [-0.4, -0.2) is 29.6 Å². The first-order chi connectivity index (χ1) is 8.65. The zero-order chi connectivity index (χ0) is 13.0. The standard InChI is InChI=1S/C16H32N2/c1-14(2)8-7-9-15(17)16(10-3-4-11-16)18-12-5-6-13-18/h14-15H,3-13,17H2,1-2H3. The van der Waals surface area contributed by atoms with Crippen molar-refractivity contribution in [1.82, 2.24) is 4.90 Å². The number of rotatable bonds is 6. The molecule has 1 saturated heterocycles. The van der Waals surface area contributed by atoms with Crippen LogP contribution in [0.25, 0.3) is 0 Å². The fourth-order valence-electron chi connectivity index (χ4n) is 4.09. The van der Waals surface area contributed by atoms with E-state index in [9.17, 15) is 0 Å². The van der Waals surface area contributed by atoms with Gasteiger partial charge in [-0.15, -0.1) is 0 Å². The third-order valence-electron chi connectivity index (χ3n) is 5.19. The van der Waals surface area contributed by atoms with Crippen molar-refractivity contribution < 1.29 is 0 Å². The Bertz CT molecular complexity index is 237. The van der Waals surface area contributed by atoms with E-state index < -0.39 is 0 Å². The molecule has 0 aromatic carbocycles. The fourth-order valence-corrected chi connectivity index (χ4v) is 4.09. The Hall–Kier alpha value is -0.0800. The molecule has 2 nitrogen and oxygen atoms in total. The number of nitrogens with two attached hydrogens (primary N) is 1. The predicted octanol–water partition coefficient (Wildman–Crippen LogP) is 3.55. The third-order valence-corrected chi connectivity index (χ3v) is 5.19. The minimum absolute atomic E-state index is 0.382. The number of hydrogen-bond donors (Lipinski definition) is 1. The van der Waals surface area contributed by atoms with Crippen molar-refractivity contribution in [3.63, 3.8) is 0 Å². The van der Waals surface area contributed by atoms with Gasteiger partial charge in [0.2, 0.25) is 0 Å². The first-order valence-electron chi connectivity index (χ1n) is 8.16. The fraction of sp³-hybridized carbons (Fsp3) is 1.00. The summed E-state index contributed by atoms with van der Waals surface area (Å²) >= 11 is 0. The maximum absolute atomic E-state index is 6.64. The van der Waals surface area contributed by atoms with Gasteiger partial charge in [0.25, 0.3) is 0 Å². The van der Waals surface area contributed by atoms with Gasteiger partial charge in [-0.2, -0.15) is 0 Å². The average Bonchev–Trinajstić information content (AvgIpc) is 3.00. The molecule has 1 aliphatic carbocycles. The highest BCUT2D eigenvalue weighted by atomic mass is 15.2. The minimum Gasteiger partial charge on any atom is -0.326 e. The lowest BCUT2D eigenvalue weighted by Gasteiger charge is -2.43. The Labute approximate surface area is 113 Å². The molecule has 0 aromatic heterocycles. The molecular weight excluding hydrogens is 220 g/mol. The number of nitrogens with zero attached hydrogens (tertiary/aromatic N) is 1. The second kappa shape index (κ2) is 6.38. The second-order valence-electron chi connectivity index (χ2n) is 6.94. The topological polar surface area (TPSA) is 29.3 Å². The van der Waals surface area contributed by atoms with Gasteiger partial charge in [0.15, 0.2) is 0 Å². The van der Waals surface area contributed by atoms with Crippen LogP contribution < -0.4 is 5.73 Å². The normalized spacial score (nSPS) is 26.0. The van der Waals surface area contributed by atoms with E-state index in [0.29, 0.717) is 11.6 Å². The molecule has 2 N–H and O–H groups in total. The van der Waals surface area contributed by atoms with Crippen LogP contribution >= 0.6 is 0 Å². The van der Waals surface area contributed by atoms with Gasteiger partial charge in [-0.1, -0.05) is 39.5 Å². The van der Waals surface area contributed by atoms with Gasteiger partial charge in [0, 0.05) is 11.6 Å². The molecule has 0 bridgehead atoms. The highest BCUT2D eigenvalue weighted by Crippen LogP contribution is 2.40. The second-order valence-corrected chi connectivity index (χ2v) is 6.94. The van der Waals surface area contributed by atoms with Gasteiger partial charge in [-0.05, 0) is 51.1 Å². The zero-order valence-electron chi connectivity index (χ0n) is 12.5. The van der Waals surface area contributed by atoms with Crippen LogP contribution in [0.15, 0.2) is 0 Å². The van der Waals surface area contributed by atoms with Crippen LogP contribution in [-0.2, 0) is 0 Å². The van der Waals surface area contributed by atoms with E-state index in [-0.39, 0.29) is 0 Å². The quantitative estimate of drug-likeness (QED) is 0.783. The van der Waals surface area contributed by atoms with E-state index in [1.807, 2.05) is 0 Å². The molecule has 0 amide bonds. The van der Waals surface area contributed by atoms with Crippen molar-refractivity contribution in [2.24, 2.45) is 11.7 Å². The molecule has 106 valence electrons. The van der Waals surface area contributed by atoms with E-state index in [1.54, 1.807) is 0 Å². The maximum atomic E-state index is 6.64. The summed E-state index contributed by atoms with van der Waals surface area (Å²) in [5.41, 5.74) is 7.02. The highest BCUT2D eigenvalue weighted by Gasteiger charge is 2.44. The van der Waals surface area contributed by atoms with E-state index in [0.717, 1.165) is 5.92 Å². The molecule has 1 aliphatic heterocycles. The van der Waals surface area contributed by atoms with Crippen molar-refractivity contribution in [1.29, 1.82) is 0 Å². The SMILES string of the molecule is CC(C)CCCC(N)C1(N2CCCC2)CCCC1. The molecule has 2 heteroatoms. The summed E-state index contributed by atoms with van der Waals surface area (Å²) in [5, 5.41) is 0. The molecule has 1 heterocycles. The van der Waals surface area contributed by atoms with Crippen LogP contribution in [0.2, 0.25) is 0 Å². The van der Waals surface area contributed by atoms with Crippen LogP contribution in [0, 0.1) is 5.92 Å². The van der Waals surface area contributed by atoms with Gasteiger partial charge >= 0.3 is 0 Å². The maximum Gasteiger partial charge on any atom is 0.0360 e. The predicted molar refractivity (Wildman–Crippen MR) is 78.7 cm³/mol. The lowest BCUT2D eigenvalue weighted by Crippen LogP contribution is -2.57. The molecular formula is C16H32N2. The van der Waals surface area contributed by atoms with Crippen molar-refractivity contribution >= 4 is 0 Å². The molecule has 2 rings (SSSR count). The number of hydrogen-bond acceptors (Lipinski definition) is 2. The van der Waals surface area contributed by atoms with Gasteiger partial charge in [-0.3, -0.25) is 4.90 Å². The van der Waals surface area contributed by atoms with Crippen molar-refractivity contribution in [2.75, 3.05) is 13.1 Å². The molecule has 2 fully saturated rings. The molecule has 1 saturated carbocycles. The van der Waals surface area contributed by atoms with Crippen LogP contribution in [0.3, 0.4) is 0 Å². The van der Waals surface area contributed by atoms with Gasteiger partial charge in [0.05, 0.1) is 0 Å². The molecule has 0 aromatic rings. The smallest absolute Gasteiger partial charge is 0.0360 e. The lowest BCUT2D eigenvalue weighted by molar-refractivity contribution is 0.0874. The zero-order valence-corrected chi connectivity index (χ0v) is 12.5. The summed E-state index contributed by atoms with van der Waals surface area (Å²) in [6.07, 6.45) is 12.2. The van der Waals surface area contributed by atoms with Gasteiger partial charge in [0.1, 0.15) is 0 Å². The van der Waals surface area contributed by atoms with E-state index in [1.165, 1.54) is 70.9 Å². The molecule has 0 spiro atoms. The number of likely N-dealkylation sites (tertiary alicyclic amines) is 1. The summed E-state index contributed by atoms with van der Waals surface area (Å²) in [7, 11) is 0. The largest absolute Gasteiger partial charge is 0.326 e. The van der Waals surface area contributed by atoms with E-state index >= 15 is 0 Å². The lowest BCUT2D eigenvalue weighted by atomic mass is 9.83. The monoisotopic (exact) mass is 252 g/mol. The molecule has 0 radical (unpaired) electrons. The molecule has 2 aliphatic rings. The Kier molecular flexibility index (Phi) is 5.08. The Morgan fingerprint density at radius 2 is 1.61 bits per heavy atom. The van der Waals surface area contributed by atoms with Crippen LogP contribution in [0.4, 0.5) is 0 Å². The average molecular weight is 252 g/mol. The summed E-state index contributed by atoms with van der Waals surface area (Å²) in [6, 6.07) is 0.414. The summed E-state index contributed by atoms with van der Waals surface area (Å²) in [5.74, 6) is 0.823. The van der Waals surface area contributed by atoms with Gasteiger partial charge < -0.3 is 5.73 Å². The summed E-state index contributed by atoms with van der Waals surface area (Å²) < 4.78 is 0. The Morgan fingerprint density at radius 3 is 2.17 bits per heavy atom. The molecule has 1 unspecified atom stereocenters. The Morgan fingerprint density at radius 1 is 1.00 bits per heavy atom.